The number of morpholine rings is 1. The van der Waals surface area contributed by atoms with E-state index in [-0.39, 0.29) is 0 Å². The van der Waals surface area contributed by atoms with Gasteiger partial charge in [-0.25, -0.2) is 0 Å². The van der Waals surface area contributed by atoms with E-state index in [4.69, 9.17) is 4.74 Å². The molecule has 4 nitrogen and oxygen atoms in total. The van der Waals surface area contributed by atoms with Crippen LogP contribution in [-0.4, -0.2) is 67.3 Å². The third-order valence-corrected chi connectivity index (χ3v) is 5.81. The minimum Gasteiger partial charge on any atom is -0.382 e. The second-order valence-electron chi connectivity index (χ2n) is 7.26. The number of hydrogen-bond donors (Lipinski definition) is 1. The van der Waals surface area contributed by atoms with E-state index in [1.165, 1.54) is 44.5 Å². The van der Waals surface area contributed by atoms with E-state index in [1.807, 2.05) is 0 Å². The van der Waals surface area contributed by atoms with Gasteiger partial charge in [-0.05, 0) is 37.8 Å². The van der Waals surface area contributed by atoms with Crippen molar-refractivity contribution in [2.45, 2.75) is 43.8 Å². The Hall–Kier alpha value is -1.10. The van der Waals surface area contributed by atoms with Gasteiger partial charge in [0.1, 0.15) is 0 Å². The molecule has 3 saturated heterocycles. The minimum atomic E-state index is 0.648. The Labute approximate surface area is 139 Å². The zero-order chi connectivity index (χ0) is 15.5. The fourth-order valence-corrected chi connectivity index (χ4v) is 4.61. The van der Waals surface area contributed by atoms with E-state index in [1.54, 1.807) is 0 Å². The molecule has 2 unspecified atom stereocenters. The molecule has 1 N–H and O–H groups in total. The number of nitrogens with zero attached hydrogens (tertiary/aromatic N) is 2. The van der Waals surface area contributed by atoms with Crippen LogP contribution < -0.4 is 5.32 Å². The lowest BCUT2D eigenvalue weighted by atomic mass is 9.97. The Morgan fingerprint density at radius 1 is 0.957 bits per heavy atom. The summed E-state index contributed by atoms with van der Waals surface area (Å²) in [7, 11) is 0. The Kier molecular flexibility index (Phi) is 4.83. The number of ether oxygens (including phenoxy) is 1. The van der Waals surface area contributed by atoms with E-state index in [0.717, 1.165) is 38.4 Å². The molecular formula is C19H29N3O. The molecule has 0 aliphatic carbocycles. The van der Waals surface area contributed by atoms with Crippen molar-refractivity contribution >= 4 is 5.69 Å². The smallest absolute Gasteiger partial charge is 0.0594 e. The molecule has 0 radical (unpaired) electrons. The Balaban J connectivity index is 1.29. The highest BCUT2D eigenvalue weighted by Crippen LogP contribution is 2.36. The summed E-state index contributed by atoms with van der Waals surface area (Å²) in [5.41, 5.74) is 1.28. The fourth-order valence-electron chi connectivity index (χ4n) is 4.61. The standard InChI is InChI=1S/C19H29N3O/c1-2-4-16(5-3-1)20-17-14-18-6-7-19(15-17)22(18)9-8-21-10-12-23-13-11-21/h1-5,17-20H,6-15H2. The lowest BCUT2D eigenvalue weighted by molar-refractivity contribution is 0.0269. The van der Waals surface area contributed by atoms with Gasteiger partial charge in [-0.15, -0.1) is 0 Å². The molecule has 126 valence electrons. The van der Waals surface area contributed by atoms with E-state index >= 15 is 0 Å². The highest BCUT2D eigenvalue weighted by Gasteiger charge is 2.40. The summed E-state index contributed by atoms with van der Waals surface area (Å²) >= 11 is 0. The predicted molar refractivity (Wildman–Crippen MR) is 93.9 cm³/mol. The summed E-state index contributed by atoms with van der Waals surface area (Å²) in [5, 5.41) is 3.75. The van der Waals surface area contributed by atoms with Crippen LogP contribution in [0.3, 0.4) is 0 Å². The summed E-state index contributed by atoms with van der Waals surface area (Å²) in [5.74, 6) is 0. The lowest BCUT2D eigenvalue weighted by Gasteiger charge is -2.40. The quantitative estimate of drug-likeness (QED) is 0.903. The van der Waals surface area contributed by atoms with Crippen molar-refractivity contribution in [2.75, 3.05) is 44.7 Å². The van der Waals surface area contributed by atoms with Crippen LogP contribution in [0.5, 0.6) is 0 Å². The average molecular weight is 315 g/mol. The minimum absolute atomic E-state index is 0.648. The molecular weight excluding hydrogens is 286 g/mol. The molecule has 3 aliphatic rings. The van der Waals surface area contributed by atoms with Crippen LogP contribution in [0.2, 0.25) is 0 Å². The molecule has 3 aliphatic heterocycles. The van der Waals surface area contributed by atoms with Gasteiger partial charge in [0.25, 0.3) is 0 Å². The van der Waals surface area contributed by atoms with Gasteiger partial charge in [0.2, 0.25) is 0 Å². The molecule has 23 heavy (non-hydrogen) atoms. The summed E-state index contributed by atoms with van der Waals surface area (Å²) in [6.45, 7) is 6.51. The van der Waals surface area contributed by atoms with Gasteiger partial charge < -0.3 is 10.1 Å². The lowest BCUT2D eigenvalue weighted by Crippen LogP contribution is -2.50. The van der Waals surface area contributed by atoms with E-state index in [0.29, 0.717) is 6.04 Å². The SMILES string of the molecule is c1ccc(NC2CC3CCC(C2)N3CCN2CCOCC2)cc1. The summed E-state index contributed by atoms with van der Waals surface area (Å²) < 4.78 is 5.45. The molecule has 1 aromatic carbocycles. The van der Waals surface area contributed by atoms with Gasteiger partial charge in [0.05, 0.1) is 13.2 Å². The molecule has 0 spiro atoms. The summed E-state index contributed by atoms with van der Waals surface area (Å²) in [4.78, 5) is 5.37. The molecule has 0 saturated carbocycles. The Morgan fingerprint density at radius 2 is 1.65 bits per heavy atom. The Morgan fingerprint density at radius 3 is 2.35 bits per heavy atom. The first-order valence-electron chi connectivity index (χ1n) is 9.26. The largest absolute Gasteiger partial charge is 0.382 e. The molecule has 0 amide bonds. The number of piperidine rings is 1. The van der Waals surface area contributed by atoms with Crippen LogP contribution in [0.1, 0.15) is 25.7 Å². The van der Waals surface area contributed by atoms with Gasteiger partial charge in [0, 0.05) is 50.0 Å². The molecule has 2 atom stereocenters. The average Bonchev–Trinajstić information content (AvgIpc) is 2.84. The molecule has 0 aromatic heterocycles. The predicted octanol–water partition coefficient (Wildman–Crippen LogP) is 2.43. The van der Waals surface area contributed by atoms with Crippen LogP contribution >= 0.6 is 0 Å². The second-order valence-corrected chi connectivity index (χ2v) is 7.26. The number of nitrogens with one attached hydrogen (secondary N) is 1. The first-order valence-corrected chi connectivity index (χ1v) is 9.26. The monoisotopic (exact) mass is 315 g/mol. The van der Waals surface area contributed by atoms with Crippen molar-refractivity contribution < 1.29 is 4.74 Å². The maximum absolute atomic E-state index is 5.45. The number of fused-ring (bicyclic) bond motifs is 2. The van der Waals surface area contributed by atoms with Crippen LogP contribution in [0.25, 0.3) is 0 Å². The molecule has 4 heteroatoms. The van der Waals surface area contributed by atoms with Crippen LogP contribution in [0, 0.1) is 0 Å². The van der Waals surface area contributed by atoms with Gasteiger partial charge in [0.15, 0.2) is 0 Å². The zero-order valence-electron chi connectivity index (χ0n) is 14.0. The third-order valence-electron chi connectivity index (χ3n) is 5.81. The summed E-state index contributed by atoms with van der Waals surface area (Å²) in [6.07, 6.45) is 5.38. The first kappa shape index (κ1) is 15.4. The second kappa shape index (κ2) is 7.20. The fraction of sp³-hybridized carbons (Fsp3) is 0.684. The van der Waals surface area contributed by atoms with Crippen molar-refractivity contribution in [3.8, 4) is 0 Å². The maximum Gasteiger partial charge on any atom is 0.0594 e. The highest BCUT2D eigenvalue weighted by atomic mass is 16.5. The number of anilines is 1. The molecule has 4 rings (SSSR count). The number of para-hydroxylation sites is 1. The van der Waals surface area contributed by atoms with Gasteiger partial charge in [-0.2, -0.15) is 0 Å². The van der Waals surface area contributed by atoms with Crippen LogP contribution in [-0.2, 0) is 4.74 Å². The molecule has 2 bridgehead atoms. The molecule has 3 fully saturated rings. The van der Waals surface area contributed by atoms with Crippen molar-refractivity contribution in [2.24, 2.45) is 0 Å². The topological polar surface area (TPSA) is 27.7 Å². The molecule has 1 aromatic rings. The van der Waals surface area contributed by atoms with Crippen molar-refractivity contribution in [3.63, 3.8) is 0 Å². The van der Waals surface area contributed by atoms with Gasteiger partial charge in [-0.3, -0.25) is 9.80 Å². The van der Waals surface area contributed by atoms with Crippen molar-refractivity contribution in [1.82, 2.24) is 9.80 Å². The number of rotatable bonds is 5. The number of hydrogen-bond acceptors (Lipinski definition) is 4. The van der Waals surface area contributed by atoms with E-state index < -0.39 is 0 Å². The summed E-state index contributed by atoms with van der Waals surface area (Å²) in [6, 6.07) is 12.9. The highest BCUT2D eigenvalue weighted by molar-refractivity contribution is 5.43. The van der Waals surface area contributed by atoms with E-state index in [9.17, 15) is 0 Å². The van der Waals surface area contributed by atoms with Gasteiger partial charge >= 0.3 is 0 Å². The molecule has 3 heterocycles. The zero-order valence-corrected chi connectivity index (χ0v) is 14.0. The Bertz CT molecular complexity index is 475. The normalized spacial score (nSPS) is 32.1. The van der Waals surface area contributed by atoms with Gasteiger partial charge in [-0.1, -0.05) is 18.2 Å². The van der Waals surface area contributed by atoms with E-state index in [2.05, 4.69) is 45.4 Å². The van der Waals surface area contributed by atoms with Crippen LogP contribution in [0.4, 0.5) is 5.69 Å². The number of benzene rings is 1. The van der Waals surface area contributed by atoms with Crippen molar-refractivity contribution in [3.05, 3.63) is 30.3 Å². The first-order chi connectivity index (χ1) is 11.4. The third kappa shape index (κ3) is 3.70. The maximum atomic E-state index is 5.45. The van der Waals surface area contributed by atoms with Crippen molar-refractivity contribution in [1.29, 1.82) is 0 Å². The van der Waals surface area contributed by atoms with Crippen LogP contribution in [0.15, 0.2) is 30.3 Å².